The summed E-state index contributed by atoms with van der Waals surface area (Å²) >= 11 is 0. The van der Waals surface area contributed by atoms with E-state index in [9.17, 15) is 9.59 Å². The van der Waals surface area contributed by atoms with Gasteiger partial charge < -0.3 is 4.42 Å². The number of hydrogen-bond acceptors (Lipinski definition) is 3. The van der Waals surface area contributed by atoms with Gasteiger partial charge in [0, 0.05) is 21.9 Å². The average Bonchev–Trinajstić information content (AvgIpc) is 3.24. The number of allylic oxidation sites excluding steroid dienone is 2. The molecule has 4 aromatic carbocycles. The molecule has 0 spiro atoms. The van der Waals surface area contributed by atoms with Crippen molar-refractivity contribution in [3.05, 3.63) is 131 Å². The van der Waals surface area contributed by atoms with Crippen LogP contribution in [0.1, 0.15) is 31.8 Å². The fourth-order valence-corrected chi connectivity index (χ4v) is 3.75. The molecule has 1 heterocycles. The van der Waals surface area contributed by atoms with E-state index in [1.165, 1.54) is 0 Å². The Balaban J connectivity index is 1.46. The summed E-state index contributed by atoms with van der Waals surface area (Å²) in [6, 6.07) is 30.2. The van der Waals surface area contributed by atoms with Crippen molar-refractivity contribution >= 4 is 45.7 Å². The molecule has 0 bridgehead atoms. The molecule has 0 saturated carbocycles. The van der Waals surface area contributed by atoms with Crippen LogP contribution in [0, 0.1) is 0 Å². The molecule has 0 aliphatic heterocycles. The Morgan fingerprint density at radius 2 is 0.970 bits per heavy atom. The van der Waals surface area contributed by atoms with E-state index in [0.29, 0.717) is 22.3 Å². The van der Waals surface area contributed by atoms with Gasteiger partial charge in [0.25, 0.3) is 0 Å². The molecule has 0 aliphatic carbocycles. The molecule has 0 radical (unpaired) electrons. The lowest BCUT2D eigenvalue weighted by molar-refractivity contribution is 0.104. The van der Waals surface area contributed by atoms with Crippen molar-refractivity contribution in [2.45, 2.75) is 0 Å². The minimum absolute atomic E-state index is 0.0897. The van der Waals surface area contributed by atoms with Crippen molar-refractivity contribution in [2.24, 2.45) is 0 Å². The van der Waals surface area contributed by atoms with Crippen LogP contribution >= 0.6 is 0 Å². The smallest absolute Gasteiger partial charge is 0.185 e. The quantitative estimate of drug-likeness (QED) is 0.209. The van der Waals surface area contributed by atoms with Gasteiger partial charge in [0.15, 0.2) is 11.6 Å². The number of carbonyl (C=O) groups is 2. The normalized spacial score (nSPS) is 11.6. The van der Waals surface area contributed by atoms with Gasteiger partial charge in [-0.05, 0) is 59.7 Å². The Labute approximate surface area is 191 Å². The predicted molar refractivity (Wildman–Crippen MR) is 133 cm³/mol. The van der Waals surface area contributed by atoms with Crippen LogP contribution in [0.3, 0.4) is 0 Å². The maximum atomic E-state index is 12.7. The van der Waals surface area contributed by atoms with Gasteiger partial charge in [-0.15, -0.1) is 0 Å². The molecule has 3 nitrogen and oxygen atoms in total. The Hall–Kier alpha value is -4.50. The Bertz CT molecular complexity index is 1410. The lowest BCUT2D eigenvalue weighted by Crippen LogP contribution is -1.94. The highest BCUT2D eigenvalue weighted by Gasteiger charge is 2.12. The number of carbonyl (C=O) groups excluding carboxylic acids is 2. The van der Waals surface area contributed by atoms with Crippen LogP contribution in [0.2, 0.25) is 0 Å². The highest BCUT2D eigenvalue weighted by Crippen LogP contribution is 2.30. The second-order valence-corrected chi connectivity index (χ2v) is 7.74. The van der Waals surface area contributed by atoms with E-state index in [4.69, 9.17) is 4.42 Å². The highest BCUT2D eigenvalue weighted by molar-refractivity contribution is 6.14. The first kappa shape index (κ1) is 20.4. The van der Waals surface area contributed by atoms with Gasteiger partial charge in [0.05, 0.1) is 0 Å². The third kappa shape index (κ3) is 4.43. The standard InChI is InChI=1S/C30H20O3/c31-27(15-11-21-7-3-1-4-8-21)23-13-17-29-25(19-23)26-20-24(14-18-30(26)33-29)28(32)16-12-22-9-5-2-6-10-22/h1-20H/b15-11+,16-12+. The SMILES string of the molecule is O=C(/C=C/c1ccccc1)c1ccc2oc3ccc(C(=O)/C=C/c4ccccc4)cc3c2c1. The van der Waals surface area contributed by atoms with Gasteiger partial charge in [-0.25, -0.2) is 0 Å². The molecule has 3 heteroatoms. The number of ketones is 2. The number of fused-ring (bicyclic) bond motifs is 3. The molecule has 5 rings (SSSR count). The summed E-state index contributed by atoms with van der Waals surface area (Å²) in [6.07, 6.45) is 6.75. The average molecular weight is 428 g/mol. The number of benzene rings is 4. The largest absolute Gasteiger partial charge is 0.456 e. The molecule has 0 amide bonds. The van der Waals surface area contributed by atoms with Crippen LogP contribution in [-0.4, -0.2) is 11.6 Å². The monoisotopic (exact) mass is 428 g/mol. The van der Waals surface area contributed by atoms with Crippen LogP contribution in [0.25, 0.3) is 34.1 Å². The summed E-state index contributed by atoms with van der Waals surface area (Å²) in [5.74, 6) is -0.179. The summed E-state index contributed by atoms with van der Waals surface area (Å²) in [5, 5.41) is 1.62. The molecule has 158 valence electrons. The molecule has 0 atom stereocenters. The summed E-state index contributed by atoms with van der Waals surface area (Å²) in [6.45, 7) is 0. The molecule has 0 fully saturated rings. The zero-order valence-electron chi connectivity index (χ0n) is 17.8. The predicted octanol–water partition coefficient (Wildman–Crippen LogP) is 7.38. The van der Waals surface area contributed by atoms with E-state index in [2.05, 4.69) is 0 Å². The molecular formula is C30H20O3. The third-order valence-corrected chi connectivity index (χ3v) is 5.49. The molecule has 33 heavy (non-hydrogen) atoms. The van der Waals surface area contributed by atoms with E-state index in [1.54, 1.807) is 48.6 Å². The lowest BCUT2D eigenvalue weighted by atomic mass is 10.0. The van der Waals surface area contributed by atoms with Gasteiger partial charge >= 0.3 is 0 Å². The van der Waals surface area contributed by atoms with Crippen LogP contribution < -0.4 is 0 Å². The van der Waals surface area contributed by atoms with Crippen molar-refractivity contribution in [1.29, 1.82) is 0 Å². The van der Waals surface area contributed by atoms with E-state index < -0.39 is 0 Å². The summed E-state index contributed by atoms with van der Waals surface area (Å²) in [4.78, 5) is 25.5. The number of rotatable bonds is 6. The third-order valence-electron chi connectivity index (χ3n) is 5.49. The van der Waals surface area contributed by atoms with E-state index in [0.717, 1.165) is 21.9 Å². The van der Waals surface area contributed by atoms with E-state index in [-0.39, 0.29) is 11.6 Å². The van der Waals surface area contributed by atoms with Gasteiger partial charge in [-0.1, -0.05) is 72.8 Å². The van der Waals surface area contributed by atoms with Gasteiger partial charge in [0.2, 0.25) is 0 Å². The fraction of sp³-hybridized carbons (Fsp3) is 0. The van der Waals surface area contributed by atoms with Gasteiger partial charge in [-0.2, -0.15) is 0 Å². The molecule has 1 aromatic heterocycles. The summed E-state index contributed by atoms with van der Waals surface area (Å²) < 4.78 is 5.92. The molecule has 0 aliphatic rings. The molecular weight excluding hydrogens is 408 g/mol. The Morgan fingerprint density at radius 1 is 0.545 bits per heavy atom. The maximum absolute atomic E-state index is 12.7. The second-order valence-electron chi connectivity index (χ2n) is 7.74. The number of hydrogen-bond donors (Lipinski definition) is 0. The van der Waals surface area contributed by atoms with Gasteiger partial charge in [0.1, 0.15) is 11.2 Å². The first-order valence-corrected chi connectivity index (χ1v) is 10.7. The van der Waals surface area contributed by atoms with Crippen molar-refractivity contribution in [3.8, 4) is 0 Å². The Morgan fingerprint density at radius 3 is 1.39 bits per heavy atom. The second kappa shape index (κ2) is 8.93. The minimum atomic E-state index is -0.0897. The van der Waals surface area contributed by atoms with Crippen molar-refractivity contribution < 1.29 is 14.0 Å². The minimum Gasteiger partial charge on any atom is -0.456 e. The summed E-state index contributed by atoms with van der Waals surface area (Å²) in [7, 11) is 0. The van der Waals surface area contributed by atoms with Crippen LogP contribution in [0.5, 0.6) is 0 Å². The first-order chi connectivity index (χ1) is 16.2. The summed E-state index contributed by atoms with van der Waals surface area (Å²) in [5.41, 5.74) is 4.42. The Kier molecular flexibility index (Phi) is 5.52. The molecule has 0 saturated heterocycles. The molecule has 0 unspecified atom stereocenters. The van der Waals surface area contributed by atoms with Crippen molar-refractivity contribution in [2.75, 3.05) is 0 Å². The highest BCUT2D eigenvalue weighted by atomic mass is 16.3. The van der Waals surface area contributed by atoms with Gasteiger partial charge in [-0.3, -0.25) is 9.59 Å². The van der Waals surface area contributed by atoms with Crippen LogP contribution in [-0.2, 0) is 0 Å². The van der Waals surface area contributed by atoms with Crippen LogP contribution in [0.4, 0.5) is 0 Å². The molecule has 0 N–H and O–H groups in total. The molecule has 5 aromatic rings. The zero-order chi connectivity index (χ0) is 22.6. The van der Waals surface area contributed by atoms with Crippen LogP contribution in [0.15, 0.2) is 114 Å². The van der Waals surface area contributed by atoms with E-state index >= 15 is 0 Å². The zero-order valence-corrected chi connectivity index (χ0v) is 17.8. The first-order valence-electron chi connectivity index (χ1n) is 10.7. The number of furan rings is 1. The van der Waals surface area contributed by atoms with Crippen molar-refractivity contribution in [3.63, 3.8) is 0 Å². The van der Waals surface area contributed by atoms with Crippen molar-refractivity contribution in [1.82, 2.24) is 0 Å². The maximum Gasteiger partial charge on any atom is 0.185 e. The topological polar surface area (TPSA) is 47.3 Å². The van der Waals surface area contributed by atoms with E-state index in [1.807, 2.05) is 72.8 Å². The fourth-order valence-electron chi connectivity index (χ4n) is 3.75. The lowest BCUT2D eigenvalue weighted by Gasteiger charge is -1.98.